The fourth-order valence-electron chi connectivity index (χ4n) is 9.58. The molecule has 280 valence electrons. The van der Waals surface area contributed by atoms with Crippen molar-refractivity contribution in [1.29, 1.82) is 0 Å². The number of nitrogens with zero attached hydrogens (tertiary/aromatic N) is 2. The van der Waals surface area contributed by atoms with Gasteiger partial charge in [-0.05, 0) is 115 Å². The number of aromatic nitrogens is 1. The van der Waals surface area contributed by atoms with Crippen molar-refractivity contribution in [2.24, 2.45) is 0 Å². The smallest absolute Gasteiger partial charge is 0.0619 e. The number of benzene rings is 11. The molecule has 0 radical (unpaired) electrons. The van der Waals surface area contributed by atoms with Crippen molar-refractivity contribution in [3.8, 4) is 27.9 Å². The van der Waals surface area contributed by atoms with Gasteiger partial charge in [0, 0.05) is 38.9 Å². The van der Waals surface area contributed by atoms with E-state index in [1.54, 1.807) is 0 Å². The Hall–Kier alpha value is -7.94. The van der Waals surface area contributed by atoms with Crippen molar-refractivity contribution >= 4 is 82.0 Å². The molecular formula is C58H38N2. The lowest BCUT2D eigenvalue weighted by Gasteiger charge is -2.27. The Morgan fingerprint density at radius 3 is 1.70 bits per heavy atom. The highest BCUT2D eigenvalue weighted by atomic mass is 15.1. The average molecular weight is 763 g/mol. The molecule has 0 aliphatic rings. The quantitative estimate of drug-likeness (QED) is 0.153. The molecule has 0 amide bonds. The highest BCUT2D eigenvalue weighted by Gasteiger charge is 2.20. The van der Waals surface area contributed by atoms with Crippen LogP contribution in [0, 0.1) is 0 Å². The standard InChI is InChI=1S/C58H38N2/c1-2-18-45(19-3-1)60-56-26-12-25-53(57(56)55-35-31-41-15-6-9-23-54(41)58(55)60)43-17-10-20-47(37-43)59(48-34-36-52-44(38-48)28-27-40-14-5-8-22-50(40)52)46-32-29-42(30-33-46)51-24-11-16-39-13-4-7-21-49(39)51/h1-38H. The summed E-state index contributed by atoms with van der Waals surface area (Å²) in [6.45, 7) is 0. The third-order valence-corrected chi connectivity index (χ3v) is 12.3. The van der Waals surface area contributed by atoms with Gasteiger partial charge < -0.3 is 9.47 Å². The van der Waals surface area contributed by atoms with Crippen molar-refractivity contribution in [3.05, 3.63) is 231 Å². The van der Waals surface area contributed by atoms with Crippen molar-refractivity contribution in [2.75, 3.05) is 4.90 Å². The van der Waals surface area contributed by atoms with Gasteiger partial charge in [0.15, 0.2) is 0 Å². The Morgan fingerprint density at radius 1 is 0.300 bits per heavy atom. The van der Waals surface area contributed by atoms with Gasteiger partial charge in [-0.2, -0.15) is 0 Å². The summed E-state index contributed by atoms with van der Waals surface area (Å²) < 4.78 is 2.45. The van der Waals surface area contributed by atoms with E-state index in [1.165, 1.54) is 87.1 Å². The van der Waals surface area contributed by atoms with Crippen LogP contribution in [0.2, 0.25) is 0 Å². The van der Waals surface area contributed by atoms with Crippen LogP contribution in [0.1, 0.15) is 0 Å². The van der Waals surface area contributed by atoms with Crippen molar-refractivity contribution < 1.29 is 0 Å². The maximum Gasteiger partial charge on any atom is 0.0619 e. The Morgan fingerprint density at radius 2 is 0.867 bits per heavy atom. The Kier molecular flexibility index (Phi) is 7.89. The van der Waals surface area contributed by atoms with Crippen molar-refractivity contribution in [2.45, 2.75) is 0 Å². The van der Waals surface area contributed by atoms with Gasteiger partial charge >= 0.3 is 0 Å². The van der Waals surface area contributed by atoms with Gasteiger partial charge in [0.25, 0.3) is 0 Å². The number of fused-ring (bicyclic) bond motifs is 9. The molecule has 60 heavy (non-hydrogen) atoms. The highest BCUT2D eigenvalue weighted by Crippen LogP contribution is 2.44. The molecule has 0 spiro atoms. The second-order valence-corrected chi connectivity index (χ2v) is 15.7. The van der Waals surface area contributed by atoms with Crippen LogP contribution in [-0.2, 0) is 0 Å². The molecule has 0 fully saturated rings. The third-order valence-electron chi connectivity index (χ3n) is 12.3. The second kappa shape index (κ2) is 13.9. The van der Waals surface area contributed by atoms with E-state index in [1.807, 2.05) is 0 Å². The Balaban J connectivity index is 1.06. The van der Waals surface area contributed by atoms with Crippen LogP contribution in [0.15, 0.2) is 231 Å². The van der Waals surface area contributed by atoms with E-state index in [9.17, 15) is 0 Å². The molecule has 11 aromatic carbocycles. The zero-order valence-electron chi connectivity index (χ0n) is 32.8. The first kappa shape index (κ1) is 34.1. The van der Waals surface area contributed by atoms with Crippen LogP contribution < -0.4 is 4.90 Å². The first-order valence-electron chi connectivity index (χ1n) is 20.7. The average Bonchev–Trinajstić information content (AvgIpc) is 3.67. The Bertz CT molecular complexity index is 3590. The minimum atomic E-state index is 1.10. The molecule has 12 aromatic rings. The molecule has 0 aliphatic carbocycles. The van der Waals surface area contributed by atoms with E-state index in [4.69, 9.17) is 0 Å². The lowest BCUT2D eigenvalue weighted by molar-refractivity contribution is 1.19. The summed E-state index contributed by atoms with van der Waals surface area (Å²) in [6, 6.07) is 84.3. The topological polar surface area (TPSA) is 8.17 Å². The first-order valence-corrected chi connectivity index (χ1v) is 20.7. The summed E-state index contributed by atoms with van der Waals surface area (Å²) in [5.41, 5.74) is 11.7. The van der Waals surface area contributed by atoms with Crippen LogP contribution >= 0.6 is 0 Å². The summed E-state index contributed by atoms with van der Waals surface area (Å²) in [4.78, 5) is 2.41. The minimum Gasteiger partial charge on any atom is -0.310 e. The van der Waals surface area contributed by atoms with Crippen LogP contribution in [0.5, 0.6) is 0 Å². The number of rotatable bonds is 6. The van der Waals surface area contributed by atoms with E-state index in [0.717, 1.165) is 22.7 Å². The zero-order chi connectivity index (χ0) is 39.6. The summed E-state index contributed by atoms with van der Waals surface area (Å²) in [5, 5.41) is 12.5. The van der Waals surface area contributed by atoms with Gasteiger partial charge in [-0.25, -0.2) is 0 Å². The SMILES string of the molecule is c1ccc(-n2c3cccc(-c4cccc(N(c5ccc(-c6cccc7ccccc67)cc5)c5ccc6c(ccc7ccccc76)c5)c4)c3c3ccc4ccccc4c32)cc1. The maximum atomic E-state index is 2.45. The van der Waals surface area contributed by atoms with Crippen LogP contribution in [0.4, 0.5) is 17.1 Å². The summed E-state index contributed by atoms with van der Waals surface area (Å²) in [6.07, 6.45) is 0. The highest BCUT2D eigenvalue weighted by molar-refractivity contribution is 6.22. The first-order chi connectivity index (χ1) is 29.8. The number of hydrogen-bond donors (Lipinski definition) is 0. The monoisotopic (exact) mass is 762 g/mol. The second-order valence-electron chi connectivity index (χ2n) is 15.7. The molecule has 0 saturated carbocycles. The Labute approximate surface area is 348 Å². The van der Waals surface area contributed by atoms with Gasteiger partial charge in [0.2, 0.25) is 0 Å². The number of hydrogen-bond acceptors (Lipinski definition) is 1. The molecule has 1 heterocycles. The predicted octanol–water partition coefficient (Wildman–Crippen LogP) is 16.2. The predicted molar refractivity (Wildman–Crippen MR) is 256 cm³/mol. The van der Waals surface area contributed by atoms with Gasteiger partial charge in [-0.3, -0.25) is 0 Å². The number of anilines is 3. The number of para-hydroxylation sites is 1. The van der Waals surface area contributed by atoms with E-state index in [2.05, 4.69) is 240 Å². The summed E-state index contributed by atoms with van der Waals surface area (Å²) >= 11 is 0. The fraction of sp³-hybridized carbons (Fsp3) is 0. The summed E-state index contributed by atoms with van der Waals surface area (Å²) in [7, 11) is 0. The van der Waals surface area contributed by atoms with E-state index >= 15 is 0 Å². The van der Waals surface area contributed by atoms with Crippen LogP contribution in [0.3, 0.4) is 0 Å². The normalized spacial score (nSPS) is 11.7. The van der Waals surface area contributed by atoms with Gasteiger partial charge in [-0.15, -0.1) is 0 Å². The summed E-state index contributed by atoms with van der Waals surface area (Å²) in [5.74, 6) is 0. The van der Waals surface area contributed by atoms with Crippen molar-refractivity contribution in [1.82, 2.24) is 4.57 Å². The lowest BCUT2D eigenvalue weighted by Crippen LogP contribution is -2.10. The van der Waals surface area contributed by atoms with Crippen LogP contribution in [-0.4, -0.2) is 4.57 Å². The molecule has 0 aliphatic heterocycles. The molecule has 0 saturated heterocycles. The molecule has 0 unspecified atom stereocenters. The molecule has 0 N–H and O–H groups in total. The lowest BCUT2D eigenvalue weighted by atomic mass is 9.97. The third kappa shape index (κ3) is 5.50. The van der Waals surface area contributed by atoms with Crippen molar-refractivity contribution in [3.63, 3.8) is 0 Å². The van der Waals surface area contributed by atoms with Gasteiger partial charge in [-0.1, -0.05) is 176 Å². The minimum absolute atomic E-state index is 1.10. The fourth-order valence-corrected chi connectivity index (χ4v) is 9.58. The largest absolute Gasteiger partial charge is 0.310 e. The molecule has 1 aromatic heterocycles. The molecular weight excluding hydrogens is 725 g/mol. The molecule has 12 rings (SSSR count). The van der Waals surface area contributed by atoms with Crippen LogP contribution in [0.25, 0.3) is 92.8 Å². The van der Waals surface area contributed by atoms with Gasteiger partial charge in [0.05, 0.1) is 11.0 Å². The maximum absolute atomic E-state index is 2.45. The van der Waals surface area contributed by atoms with Gasteiger partial charge in [0.1, 0.15) is 0 Å². The molecule has 0 atom stereocenters. The molecule has 0 bridgehead atoms. The van der Waals surface area contributed by atoms with E-state index in [-0.39, 0.29) is 0 Å². The zero-order valence-corrected chi connectivity index (χ0v) is 32.8. The van der Waals surface area contributed by atoms with E-state index < -0.39 is 0 Å². The van der Waals surface area contributed by atoms with E-state index in [0.29, 0.717) is 0 Å². The molecule has 2 nitrogen and oxygen atoms in total. The molecule has 2 heteroatoms.